The molecule has 0 radical (unpaired) electrons. The lowest BCUT2D eigenvalue weighted by molar-refractivity contribution is -0.141. The fraction of sp³-hybridized carbons (Fsp3) is 0.381. The van der Waals surface area contributed by atoms with E-state index < -0.39 is 23.4 Å². The van der Waals surface area contributed by atoms with Gasteiger partial charge in [0.25, 0.3) is 5.91 Å². The van der Waals surface area contributed by atoms with Gasteiger partial charge >= 0.3 is 6.18 Å². The molecule has 0 atom stereocenters. The Labute approximate surface area is 170 Å². The lowest BCUT2D eigenvalue weighted by Gasteiger charge is -2.42. The molecule has 9 heteroatoms. The number of hydrogen-bond acceptors (Lipinski definition) is 4. The number of nitrogens with zero attached hydrogens (tertiary/aromatic N) is 3. The second-order valence-electron chi connectivity index (χ2n) is 8.22. The van der Waals surface area contributed by atoms with Crippen molar-refractivity contribution in [2.45, 2.75) is 44.5 Å². The average Bonchev–Trinajstić information content (AvgIpc) is 3.01. The van der Waals surface area contributed by atoms with E-state index in [9.17, 15) is 23.1 Å². The van der Waals surface area contributed by atoms with Crippen LogP contribution in [-0.4, -0.2) is 31.4 Å². The third-order valence-corrected chi connectivity index (χ3v) is 5.54. The van der Waals surface area contributed by atoms with Crippen LogP contribution in [0.1, 0.15) is 48.9 Å². The van der Waals surface area contributed by atoms with Gasteiger partial charge < -0.3 is 10.4 Å². The molecule has 30 heavy (non-hydrogen) atoms. The van der Waals surface area contributed by atoms with Crippen LogP contribution in [0.2, 0.25) is 0 Å². The highest BCUT2D eigenvalue weighted by molar-refractivity contribution is 6.03. The second kappa shape index (κ2) is 7.09. The topological polar surface area (TPSA) is 80.0 Å². The monoisotopic (exact) mass is 418 g/mol. The van der Waals surface area contributed by atoms with Gasteiger partial charge in [0.15, 0.2) is 0 Å². The van der Waals surface area contributed by atoms with E-state index >= 15 is 0 Å². The summed E-state index contributed by atoms with van der Waals surface area (Å²) >= 11 is 0. The number of aromatic nitrogens is 3. The van der Waals surface area contributed by atoms with E-state index in [0.29, 0.717) is 5.69 Å². The van der Waals surface area contributed by atoms with Gasteiger partial charge in [-0.3, -0.25) is 9.48 Å². The Morgan fingerprint density at radius 3 is 2.60 bits per heavy atom. The molecule has 1 aliphatic carbocycles. The second-order valence-corrected chi connectivity index (χ2v) is 8.22. The van der Waals surface area contributed by atoms with E-state index in [-0.39, 0.29) is 17.7 Å². The van der Waals surface area contributed by atoms with Gasteiger partial charge in [-0.25, -0.2) is 4.98 Å². The van der Waals surface area contributed by atoms with E-state index in [1.807, 2.05) is 24.7 Å². The van der Waals surface area contributed by atoms with Gasteiger partial charge in [-0.2, -0.15) is 18.3 Å². The maximum atomic E-state index is 12.8. The average molecular weight is 418 g/mol. The molecule has 1 aromatic carbocycles. The third kappa shape index (κ3) is 4.02. The fourth-order valence-corrected chi connectivity index (χ4v) is 3.60. The van der Waals surface area contributed by atoms with Gasteiger partial charge in [-0.1, -0.05) is 6.07 Å². The number of pyridine rings is 1. The summed E-state index contributed by atoms with van der Waals surface area (Å²) < 4.78 is 40.3. The first-order valence-corrected chi connectivity index (χ1v) is 9.57. The Morgan fingerprint density at radius 2 is 1.93 bits per heavy atom. The van der Waals surface area contributed by atoms with Crippen LogP contribution < -0.4 is 5.32 Å². The van der Waals surface area contributed by atoms with Crippen molar-refractivity contribution in [1.82, 2.24) is 14.8 Å². The number of fused-ring (bicyclic) bond motifs is 1. The normalized spacial score (nSPS) is 19.5. The Balaban J connectivity index is 1.49. The quantitative estimate of drug-likeness (QED) is 0.657. The number of nitrogens with one attached hydrogen (secondary N) is 1. The lowest BCUT2D eigenvalue weighted by atomic mass is 9.71. The summed E-state index contributed by atoms with van der Waals surface area (Å²) in [5.41, 5.74) is -0.951. The number of alkyl halides is 3. The van der Waals surface area contributed by atoms with E-state index in [4.69, 9.17) is 0 Å². The molecule has 2 N–H and O–H groups in total. The zero-order chi connectivity index (χ0) is 21.7. The van der Waals surface area contributed by atoms with Gasteiger partial charge in [0, 0.05) is 17.3 Å². The molecule has 0 aliphatic heterocycles. The summed E-state index contributed by atoms with van der Waals surface area (Å²) in [5.74, 6) is -0.496. The van der Waals surface area contributed by atoms with Crippen molar-refractivity contribution in [2.24, 2.45) is 5.92 Å². The Kier molecular flexibility index (Phi) is 4.80. The molecule has 2 aromatic heterocycles. The molecule has 3 aromatic rings. The molecule has 6 nitrogen and oxygen atoms in total. The molecule has 2 heterocycles. The highest BCUT2D eigenvalue weighted by atomic mass is 19.4. The van der Waals surface area contributed by atoms with Crippen molar-refractivity contribution in [3.8, 4) is 0 Å². The molecule has 1 amide bonds. The SMILES string of the molecule is CC(C)(O)C1CC(n2cc3cc(NC(=O)c4cccc(C(F)(F)F)n4)ccc3n2)C1. The van der Waals surface area contributed by atoms with E-state index in [2.05, 4.69) is 15.4 Å². The third-order valence-electron chi connectivity index (χ3n) is 5.54. The first kappa shape index (κ1) is 20.3. The zero-order valence-electron chi connectivity index (χ0n) is 16.4. The molecule has 1 aliphatic rings. The highest BCUT2D eigenvalue weighted by Gasteiger charge is 2.40. The molecule has 1 fully saturated rings. The number of hydrogen-bond donors (Lipinski definition) is 2. The van der Waals surface area contributed by atoms with Crippen molar-refractivity contribution in [2.75, 3.05) is 5.32 Å². The minimum absolute atomic E-state index is 0.209. The standard InChI is InChI=1S/C21H21F3N4O2/c1-20(2,30)13-9-15(10-13)28-11-12-8-14(6-7-16(12)27-28)25-19(29)17-4-3-5-18(26-17)21(22,23)24/h3-8,11,13,15,30H,9-10H2,1-2H3,(H,25,29). The summed E-state index contributed by atoms with van der Waals surface area (Å²) in [4.78, 5) is 15.7. The van der Waals surface area contributed by atoms with Gasteiger partial charge in [0.1, 0.15) is 11.4 Å². The lowest BCUT2D eigenvalue weighted by Crippen LogP contribution is -2.41. The molecule has 0 unspecified atom stereocenters. The van der Waals surface area contributed by atoms with Crippen molar-refractivity contribution in [3.05, 3.63) is 54.0 Å². The molecular weight excluding hydrogens is 397 g/mol. The minimum Gasteiger partial charge on any atom is -0.390 e. The smallest absolute Gasteiger partial charge is 0.390 e. The summed E-state index contributed by atoms with van der Waals surface area (Å²) in [6.45, 7) is 3.61. The van der Waals surface area contributed by atoms with Crippen molar-refractivity contribution in [1.29, 1.82) is 0 Å². The maximum absolute atomic E-state index is 12.8. The molecule has 0 saturated heterocycles. The minimum atomic E-state index is -4.62. The van der Waals surface area contributed by atoms with Crippen molar-refractivity contribution in [3.63, 3.8) is 0 Å². The number of halogens is 3. The molecule has 0 spiro atoms. The van der Waals surface area contributed by atoms with Crippen LogP contribution in [0.25, 0.3) is 10.9 Å². The first-order chi connectivity index (χ1) is 14.0. The Morgan fingerprint density at radius 1 is 1.20 bits per heavy atom. The Hall–Kier alpha value is -2.94. The number of carbonyl (C=O) groups excluding carboxylic acids is 1. The van der Waals surface area contributed by atoms with Crippen LogP contribution in [0.4, 0.5) is 18.9 Å². The van der Waals surface area contributed by atoms with E-state index in [1.54, 1.807) is 18.2 Å². The van der Waals surface area contributed by atoms with Crippen LogP contribution in [0.3, 0.4) is 0 Å². The number of rotatable bonds is 4. The van der Waals surface area contributed by atoms with Crippen LogP contribution in [0, 0.1) is 5.92 Å². The van der Waals surface area contributed by atoms with Gasteiger partial charge in [0.05, 0.1) is 17.2 Å². The van der Waals surface area contributed by atoms with Crippen LogP contribution in [0.15, 0.2) is 42.6 Å². The number of amides is 1. The number of anilines is 1. The molecule has 158 valence electrons. The van der Waals surface area contributed by atoms with Crippen LogP contribution in [0.5, 0.6) is 0 Å². The van der Waals surface area contributed by atoms with Gasteiger partial charge in [0.2, 0.25) is 0 Å². The molecular formula is C21H21F3N4O2. The fourth-order valence-electron chi connectivity index (χ4n) is 3.60. The summed E-state index contributed by atoms with van der Waals surface area (Å²) in [6, 6.07) is 8.52. The molecule has 0 bridgehead atoms. The van der Waals surface area contributed by atoms with Crippen molar-refractivity contribution < 1.29 is 23.1 Å². The summed E-state index contributed by atoms with van der Waals surface area (Å²) in [6.07, 6.45) is -1.07. The number of carbonyl (C=O) groups is 1. The van der Waals surface area contributed by atoms with E-state index in [0.717, 1.165) is 35.9 Å². The summed E-state index contributed by atoms with van der Waals surface area (Å²) in [5, 5.41) is 18.0. The van der Waals surface area contributed by atoms with Gasteiger partial charge in [-0.05, 0) is 62.9 Å². The summed E-state index contributed by atoms with van der Waals surface area (Å²) in [7, 11) is 0. The van der Waals surface area contributed by atoms with E-state index in [1.165, 1.54) is 6.07 Å². The molecule has 4 rings (SSSR count). The largest absolute Gasteiger partial charge is 0.433 e. The van der Waals surface area contributed by atoms with Crippen molar-refractivity contribution >= 4 is 22.5 Å². The zero-order valence-corrected chi connectivity index (χ0v) is 16.4. The maximum Gasteiger partial charge on any atom is 0.433 e. The highest BCUT2D eigenvalue weighted by Crippen LogP contribution is 2.43. The predicted molar refractivity (Wildman–Crippen MR) is 105 cm³/mol. The predicted octanol–water partition coefficient (Wildman–Crippen LogP) is 4.42. The van der Waals surface area contributed by atoms with Crippen LogP contribution >= 0.6 is 0 Å². The molecule has 1 saturated carbocycles. The Bertz CT molecular complexity index is 1100. The van der Waals surface area contributed by atoms with Gasteiger partial charge in [-0.15, -0.1) is 0 Å². The van der Waals surface area contributed by atoms with Crippen LogP contribution in [-0.2, 0) is 6.18 Å². The number of benzene rings is 1. The first-order valence-electron chi connectivity index (χ1n) is 9.57. The number of aliphatic hydroxyl groups is 1.